The van der Waals surface area contributed by atoms with Crippen molar-refractivity contribution in [3.63, 3.8) is 0 Å². The van der Waals surface area contributed by atoms with Gasteiger partial charge in [-0.3, -0.25) is 33.8 Å². The highest BCUT2D eigenvalue weighted by atomic mass is 32.2. The van der Waals surface area contributed by atoms with E-state index in [-0.39, 0.29) is 45.0 Å². The number of imidazole rings is 2. The molecule has 23 heteroatoms. The molecule has 2 aliphatic rings. The largest absolute Gasteiger partial charge is 0.408 e. The van der Waals surface area contributed by atoms with Crippen LogP contribution in [0, 0.1) is 11.8 Å². The Morgan fingerprint density at radius 1 is 0.952 bits per heavy atom. The third-order valence-electron chi connectivity index (χ3n) is 11.7. The summed E-state index contributed by atoms with van der Waals surface area (Å²) in [5.74, 6) is -1.72. The minimum Gasteiger partial charge on any atom is -0.408 e. The third kappa shape index (κ3) is 8.92. The Labute approximate surface area is 358 Å². The summed E-state index contributed by atoms with van der Waals surface area (Å²) in [7, 11) is -7.33. The molecule has 6 heterocycles. The van der Waals surface area contributed by atoms with Crippen LogP contribution in [0.5, 0.6) is 0 Å². The first-order chi connectivity index (χ1) is 29.2. The molecular formula is C39H52FN11O9SSi. The number of aromatic nitrogens is 8. The van der Waals surface area contributed by atoms with Crippen LogP contribution in [0.3, 0.4) is 0 Å². The van der Waals surface area contributed by atoms with Crippen molar-refractivity contribution in [2.24, 2.45) is 11.8 Å². The summed E-state index contributed by atoms with van der Waals surface area (Å²) >= 11 is 0. The van der Waals surface area contributed by atoms with E-state index in [0.717, 1.165) is 0 Å². The molecule has 0 aliphatic carbocycles. The molecule has 0 bridgehead atoms. The Kier molecular flexibility index (Phi) is 12.5. The van der Waals surface area contributed by atoms with E-state index in [1.54, 1.807) is 51.1 Å². The molecule has 334 valence electrons. The summed E-state index contributed by atoms with van der Waals surface area (Å²) < 4.78 is 75.1. The van der Waals surface area contributed by atoms with Crippen molar-refractivity contribution >= 4 is 64.5 Å². The fourth-order valence-electron chi connectivity index (χ4n) is 7.11. The van der Waals surface area contributed by atoms with Crippen molar-refractivity contribution < 1.29 is 40.5 Å². The highest BCUT2D eigenvalue weighted by Crippen LogP contribution is 2.43. The summed E-state index contributed by atoms with van der Waals surface area (Å²) in [5, 5.41) is 4.96. The summed E-state index contributed by atoms with van der Waals surface area (Å²) in [6.45, 7) is 16.5. The van der Waals surface area contributed by atoms with Gasteiger partial charge in [0.05, 0.1) is 18.8 Å². The molecule has 1 aromatic carbocycles. The lowest BCUT2D eigenvalue weighted by molar-refractivity contribution is -0.118. The smallest absolute Gasteiger partial charge is 0.336 e. The number of carbonyl (C=O) groups excluding carboxylic acids is 2. The molecule has 5 aromatic rings. The van der Waals surface area contributed by atoms with Gasteiger partial charge in [0.25, 0.3) is 11.5 Å². The number of aromatic amines is 1. The Bertz CT molecular complexity index is 2620. The molecule has 0 saturated carbocycles. The standard InChI is InChI=1S/C39H52FN11O9SSi/c1-10-23-21(4)28(37(57-23)51-19-44-27-32(51)47-38(49-35(27)54)48-33(52)20(2)3)59-61(55,56)45-16-24-29(60-62(8,9)39(5,6)7)25(40)36(58-24)50-18-43-26-30(41-17-42-31(26)50)46-34(53)22-14-12-11-13-15-22/h11-15,17-21,23-25,28-29,36-37,45H,10,16H2,1-9H3,(H,41,42,46,53)(H2,47,48,49,52,54)/t21-,23-,24-,25-,28-,29-,36-,37-/m1/s1. The maximum Gasteiger partial charge on any atom is 0.336 e. The van der Waals surface area contributed by atoms with E-state index in [1.165, 1.54) is 28.1 Å². The molecule has 62 heavy (non-hydrogen) atoms. The zero-order valence-electron chi connectivity index (χ0n) is 35.8. The molecule has 7 rings (SSSR count). The number of anilines is 2. The average molecular weight is 898 g/mol. The van der Waals surface area contributed by atoms with Crippen molar-refractivity contribution in [3.8, 4) is 0 Å². The number of halogens is 1. The Morgan fingerprint density at radius 3 is 2.27 bits per heavy atom. The van der Waals surface area contributed by atoms with Gasteiger partial charge in [-0.2, -0.15) is 18.1 Å². The Morgan fingerprint density at radius 2 is 1.61 bits per heavy atom. The maximum absolute atomic E-state index is 17.0. The van der Waals surface area contributed by atoms with Crippen molar-refractivity contribution in [2.75, 3.05) is 17.2 Å². The number of benzene rings is 1. The van der Waals surface area contributed by atoms with Crippen molar-refractivity contribution in [1.29, 1.82) is 0 Å². The summed E-state index contributed by atoms with van der Waals surface area (Å²) in [5.41, 5.74) is 0.0881. The minimum atomic E-state index is -4.63. The Hall–Kier alpha value is -5.04. The summed E-state index contributed by atoms with van der Waals surface area (Å²) in [6.07, 6.45) is -3.99. The van der Waals surface area contributed by atoms with Gasteiger partial charge in [-0.05, 0) is 36.7 Å². The van der Waals surface area contributed by atoms with E-state index in [0.29, 0.717) is 12.0 Å². The molecule has 4 aromatic heterocycles. The van der Waals surface area contributed by atoms with Gasteiger partial charge in [-0.1, -0.05) is 66.7 Å². The first kappa shape index (κ1) is 45.0. The number of carbonyl (C=O) groups is 2. The van der Waals surface area contributed by atoms with Crippen LogP contribution in [0.4, 0.5) is 16.2 Å². The van der Waals surface area contributed by atoms with Gasteiger partial charge < -0.3 is 19.2 Å². The van der Waals surface area contributed by atoms with Gasteiger partial charge in [0.2, 0.25) is 11.9 Å². The van der Waals surface area contributed by atoms with E-state index in [1.807, 2.05) is 40.8 Å². The number of ether oxygens (including phenoxy) is 2. The second kappa shape index (κ2) is 17.3. The van der Waals surface area contributed by atoms with E-state index in [4.69, 9.17) is 18.1 Å². The SMILES string of the molecule is CC[C@H]1O[C@@H](n2cnc3c(=O)[nH]c(NC(=O)C(C)C)nc32)[C@H](OS(=O)(=O)NC[C@H]2O[C@@H](n3cnc4c(NC(=O)c5ccccc5)ncnc43)[C@H](F)[C@@H]2O[Si](C)(C)C(C)(C)C)[C@@H]1C. The van der Waals surface area contributed by atoms with Crippen LogP contribution in [-0.4, -0.2) is 105 Å². The quantitative estimate of drug-likeness (QED) is 0.111. The third-order valence-corrected chi connectivity index (χ3v) is 17.1. The van der Waals surface area contributed by atoms with Crippen molar-refractivity contribution in [1.82, 2.24) is 43.8 Å². The lowest BCUT2D eigenvalue weighted by Gasteiger charge is -2.39. The maximum atomic E-state index is 17.0. The second-order valence-corrected chi connectivity index (χ2v) is 23.4. The number of H-pyrrole nitrogens is 1. The van der Waals surface area contributed by atoms with Crippen LogP contribution in [-0.2, 0) is 33.2 Å². The van der Waals surface area contributed by atoms with E-state index >= 15 is 4.39 Å². The molecule has 2 aliphatic heterocycles. The van der Waals surface area contributed by atoms with E-state index in [2.05, 4.69) is 45.3 Å². The zero-order valence-corrected chi connectivity index (χ0v) is 37.6. The van der Waals surface area contributed by atoms with Crippen molar-refractivity contribution in [2.45, 2.75) is 116 Å². The highest BCUT2D eigenvalue weighted by molar-refractivity contribution is 7.84. The second-order valence-electron chi connectivity index (χ2n) is 17.3. The number of hydrogen-bond acceptors (Lipinski definition) is 14. The number of hydrogen-bond donors (Lipinski definition) is 4. The molecule has 0 unspecified atom stereocenters. The topological polar surface area (TPSA) is 248 Å². The van der Waals surface area contributed by atoms with Crippen LogP contribution in [0.25, 0.3) is 22.3 Å². The number of nitrogens with one attached hydrogen (secondary N) is 4. The first-order valence-electron chi connectivity index (χ1n) is 20.3. The van der Waals surface area contributed by atoms with Gasteiger partial charge in [-0.25, -0.2) is 28.5 Å². The van der Waals surface area contributed by atoms with Crippen LogP contribution in [0.15, 0.2) is 54.1 Å². The van der Waals surface area contributed by atoms with Crippen LogP contribution >= 0.6 is 0 Å². The average Bonchev–Trinajstić information content (AvgIpc) is 3.98. The van der Waals surface area contributed by atoms with Gasteiger partial charge in [0.15, 0.2) is 55.1 Å². The van der Waals surface area contributed by atoms with Gasteiger partial charge in [0, 0.05) is 23.9 Å². The predicted octanol–water partition coefficient (Wildman–Crippen LogP) is 4.60. The molecule has 2 fully saturated rings. The van der Waals surface area contributed by atoms with Crippen LogP contribution in [0.1, 0.15) is 77.7 Å². The summed E-state index contributed by atoms with van der Waals surface area (Å²) in [4.78, 5) is 62.4. The zero-order chi connectivity index (χ0) is 44.9. The normalized spacial score (nSPS) is 24.6. The fourth-order valence-corrected chi connectivity index (χ4v) is 9.43. The lowest BCUT2D eigenvalue weighted by Crippen LogP contribution is -2.50. The van der Waals surface area contributed by atoms with E-state index < -0.39 is 91.5 Å². The monoisotopic (exact) mass is 897 g/mol. The summed E-state index contributed by atoms with van der Waals surface area (Å²) in [6, 6.07) is 8.53. The van der Waals surface area contributed by atoms with Gasteiger partial charge in [-0.15, -0.1) is 0 Å². The minimum absolute atomic E-state index is 0.0358. The van der Waals surface area contributed by atoms with Crippen molar-refractivity contribution in [3.05, 3.63) is 65.2 Å². The molecule has 0 spiro atoms. The number of nitrogens with zero attached hydrogens (tertiary/aromatic N) is 7. The molecule has 8 atom stereocenters. The Balaban J connectivity index is 1.14. The molecule has 2 amide bonds. The molecule has 0 radical (unpaired) electrons. The van der Waals surface area contributed by atoms with Crippen LogP contribution in [0.2, 0.25) is 18.1 Å². The first-order valence-corrected chi connectivity index (χ1v) is 24.6. The number of fused-ring (bicyclic) bond motifs is 2. The predicted molar refractivity (Wildman–Crippen MR) is 227 cm³/mol. The van der Waals surface area contributed by atoms with E-state index in [9.17, 15) is 22.8 Å². The van der Waals surface area contributed by atoms with Gasteiger partial charge >= 0.3 is 10.3 Å². The highest BCUT2D eigenvalue weighted by Gasteiger charge is 2.52. The molecule has 2 saturated heterocycles. The fraction of sp³-hybridized carbons (Fsp3) is 0.538. The van der Waals surface area contributed by atoms with Gasteiger partial charge in [0.1, 0.15) is 24.6 Å². The molecule has 4 N–H and O–H groups in total. The number of amides is 2. The molecular weight excluding hydrogens is 846 g/mol. The number of rotatable bonds is 14. The lowest BCUT2D eigenvalue weighted by atomic mass is 9.99. The van der Waals surface area contributed by atoms with Crippen LogP contribution < -0.4 is 20.9 Å². The number of alkyl halides is 1. The molecule has 20 nitrogen and oxygen atoms in total.